The highest BCUT2D eigenvalue weighted by Gasteiger charge is 2.39. The third kappa shape index (κ3) is 3.64. The molecule has 0 amide bonds. The number of hydrogen-bond donors (Lipinski definition) is 1. The molecule has 6 heteroatoms. The van der Waals surface area contributed by atoms with Crippen LogP contribution in [0.5, 0.6) is 11.6 Å². The highest BCUT2D eigenvalue weighted by molar-refractivity contribution is 7.97. The van der Waals surface area contributed by atoms with Crippen LogP contribution in [0, 0.1) is 0 Å². The summed E-state index contributed by atoms with van der Waals surface area (Å²) in [7, 11) is 0. The number of nitrogens with zero attached hydrogens (tertiary/aromatic N) is 1. The minimum Gasteiger partial charge on any atom is -0.478 e. The molecule has 1 aromatic carbocycles. The first-order valence-corrected chi connectivity index (χ1v) is 6.58. The van der Waals surface area contributed by atoms with E-state index < -0.39 is 10.9 Å². The summed E-state index contributed by atoms with van der Waals surface area (Å²) in [6.45, 7) is 1.43. The number of carboxylic acids is 1. The van der Waals surface area contributed by atoms with Crippen molar-refractivity contribution in [3.8, 4) is 11.6 Å². The zero-order chi connectivity index (χ0) is 14.4. The van der Waals surface area contributed by atoms with Crippen molar-refractivity contribution in [1.82, 2.24) is 4.98 Å². The summed E-state index contributed by atoms with van der Waals surface area (Å²) in [5.41, 5.74) is 0. The number of para-hydroxylation sites is 1. The summed E-state index contributed by atoms with van der Waals surface area (Å²) >= 11 is 0.696. The molecule has 1 aromatic heterocycles. The number of carbonyl (C=O) groups is 1. The maximum atomic E-state index is 11.4. The van der Waals surface area contributed by atoms with Gasteiger partial charge in [0.15, 0.2) is 0 Å². The van der Waals surface area contributed by atoms with Gasteiger partial charge in [0.25, 0.3) is 4.93 Å². The monoisotopic (exact) mass is 291 g/mol. The van der Waals surface area contributed by atoms with Crippen LogP contribution >= 0.6 is 12.0 Å². The van der Waals surface area contributed by atoms with Crippen molar-refractivity contribution in [2.24, 2.45) is 0 Å². The van der Waals surface area contributed by atoms with Gasteiger partial charge in [-0.3, -0.25) is 0 Å². The van der Waals surface area contributed by atoms with Crippen LogP contribution in [0.15, 0.2) is 54.7 Å². The maximum absolute atomic E-state index is 11.4. The zero-order valence-corrected chi connectivity index (χ0v) is 11.5. The van der Waals surface area contributed by atoms with Crippen LogP contribution in [0.2, 0.25) is 0 Å². The van der Waals surface area contributed by atoms with E-state index in [4.69, 9.17) is 8.92 Å². The molecular weight excluding hydrogens is 278 g/mol. The largest absolute Gasteiger partial charge is 0.478 e. The van der Waals surface area contributed by atoms with Gasteiger partial charge >= 0.3 is 5.97 Å². The molecule has 0 aliphatic rings. The molecule has 0 spiro atoms. The van der Waals surface area contributed by atoms with Gasteiger partial charge in [0.2, 0.25) is 5.88 Å². The number of aromatic nitrogens is 1. The molecule has 1 unspecified atom stereocenters. The molecule has 1 N–H and O–H groups in total. The topological polar surface area (TPSA) is 68.7 Å². The Kier molecular flexibility index (Phi) is 4.47. The molecule has 0 bridgehead atoms. The molecule has 5 nitrogen and oxygen atoms in total. The molecule has 0 radical (unpaired) electrons. The Morgan fingerprint density at radius 2 is 1.90 bits per heavy atom. The number of carboxylic acid groups (broad SMARTS) is 1. The second-order valence-electron chi connectivity index (χ2n) is 4.00. The second-order valence-corrected chi connectivity index (χ2v) is 5.11. The predicted octanol–water partition coefficient (Wildman–Crippen LogP) is 2.99. The summed E-state index contributed by atoms with van der Waals surface area (Å²) in [6.07, 6.45) is 1.56. The second kappa shape index (κ2) is 6.29. The van der Waals surface area contributed by atoms with Crippen molar-refractivity contribution in [1.29, 1.82) is 0 Å². The van der Waals surface area contributed by atoms with Crippen LogP contribution in [-0.4, -0.2) is 21.0 Å². The summed E-state index contributed by atoms with van der Waals surface area (Å²) in [5.74, 6) is -0.363. The lowest BCUT2D eigenvalue weighted by Gasteiger charge is -2.24. The van der Waals surface area contributed by atoms with Gasteiger partial charge in [-0.2, -0.15) is 0 Å². The molecule has 0 fully saturated rings. The first-order valence-electron chi connectivity index (χ1n) is 5.84. The number of ether oxygens (including phenoxy) is 1. The summed E-state index contributed by atoms with van der Waals surface area (Å²) < 4.78 is 10.8. The molecule has 0 saturated carbocycles. The number of rotatable bonds is 6. The van der Waals surface area contributed by atoms with E-state index in [1.807, 2.05) is 6.07 Å². The highest BCUT2D eigenvalue weighted by atomic mass is 32.2. The lowest BCUT2D eigenvalue weighted by molar-refractivity contribution is -0.146. The molecular formula is C14H13NO4S. The number of benzene rings is 1. The van der Waals surface area contributed by atoms with E-state index in [2.05, 4.69) is 4.98 Å². The minimum atomic E-state index is -1.57. The van der Waals surface area contributed by atoms with E-state index in [1.165, 1.54) is 6.92 Å². The lowest BCUT2D eigenvalue weighted by atomic mass is 10.3. The summed E-state index contributed by atoms with van der Waals surface area (Å²) in [5, 5.41) is 9.33. The van der Waals surface area contributed by atoms with E-state index in [0.717, 1.165) is 0 Å². The Bertz CT molecular complexity index is 564. The normalized spacial score (nSPS) is 13.2. The molecule has 104 valence electrons. The average Bonchev–Trinajstić information content (AvgIpc) is 2.47. The van der Waals surface area contributed by atoms with E-state index in [9.17, 15) is 9.90 Å². The van der Waals surface area contributed by atoms with Crippen LogP contribution in [0.4, 0.5) is 0 Å². The molecule has 0 aliphatic carbocycles. The first kappa shape index (κ1) is 14.2. The van der Waals surface area contributed by atoms with Crippen molar-refractivity contribution >= 4 is 18.0 Å². The van der Waals surface area contributed by atoms with Crippen LogP contribution in [0.3, 0.4) is 0 Å². The molecule has 2 aromatic rings. The van der Waals surface area contributed by atoms with Crippen LogP contribution in [0.25, 0.3) is 0 Å². The quantitative estimate of drug-likeness (QED) is 0.652. The first-order chi connectivity index (χ1) is 9.60. The molecule has 20 heavy (non-hydrogen) atoms. The lowest BCUT2D eigenvalue weighted by Crippen LogP contribution is -2.38. The summed E-state index contributed by atoms with van der Waals surface area (Å²) in [4.78, 5) is 13.8. The zero-order valence-electron chi connectivity index (χ0n) is 10.7. The predicted molar refractivity (Wildman–Crippen MR) is 75.6 cm³/mol. The van der Waals surface area contributed by atoms with Crippen molar-refractivity contribution in [3.05, 3.63) is 54.7 Å². The van der Waals surface area contributed by atoms with Crippen LogP contribution in [0.1, 0.15) is 6.92 Å². The van der Waals surface area contributed by atoms with Crippen molar-refractivity contribution in [2.45, 2.75) is 11.9 Å². The van der Waals surface area contributed by atoms with E-state index in [1.54, 1.807) is 48.7 Å². The highest BCUT2D eigenvalue weighted by Crippen LogP contribution is 2.30. The standard InChI is InChI=1S/C14H13NO4S/c1-14(13(16)17,18-11-7-3-2-4-8-11)20-19-12-9-5-6-10-15-12/h2-10H,1H3,(H,16,17). The number of aliphatic carboxylic acids is 1. The van der Waals surface area contributed by atoms with Gasteiger partial charge in [-0.05, 0) is 25.1 Å². The SMILES string of the molecule is CC(Oc1ccccc1)(SOc1ccccn1)C(=O)O. The fraction of sp³-hybridized carbons (Fsp3) is 0.143. The van der Waals surface area contributed by atoms with Crippen LogP contribution in [-0.2, 0) is 4.79 Å². The van der Waals surface area contributed by atoms with Gasteiger partial charge < -0.3 is 14.0 Å². The average molecular weight is 291 g/mol. The van der Waals surface area contributed by atoms with Crippen LogP contribution < -0.4 is 8.92 Å². The van der Waals surface area contributed by atoms with Crippen molar-refractivity contribution in [2.75, 3.05) is 0 Å². The minimum absolute atomic E-state index is 0.321. The van der Waals surface area contributed by atoms with Gasteiger partial charge in [0, 0.05) is 12.3 Å². The van der Waals surface area contributed by atoms with Gasteiger partial charge in [0.05, 0.1) is 0 Å². The van der Waals surface area contributed by atoms with Gasteiger partial charge in [-0.1, -0.05) is 24.3 Å². The molecule has 0 saturated heterocycles. The molecule has 2 rings (SSSR count). The van der Waals surface area contributed by atoms with Gasteiger partial charge in [0.1, 0.15) is 17.8 Å². The Hall–Kier alpha value is -2.21. The fourth-order valence-corrected chi connectivity index (χ4v) is 1.87. The summed E-state index contributed by atoms with van der Waals surface area (Å²) in [6, 6.07) is 13.8. The third-order valence-corrected chi connectivity index (χ3v) is 3.20. The molecule has 1 heterocycles. The fourth-order valence-electron chi connectivity index (χ4n) is 1.33. The Morgan fingerprint density at radius 3 is 2.50 bits per heavy atom. The van der Waals surface area contributed by atoms with E-state index in [-0.39, 0.29) is 0 Å². The smallest absolute Gasteiger partial charge is 0.362 e. The third-order valence-electron chi connectivity index (χ3n) is 2.37. The van der Waals surface area contributed by atoms with E-state index >= 15 is 0 Å². The Balaban J connectivity index is 2.08. The Labute approximate surface area is 120 Å². The van der Waals surface area contributed by atoms with Crippen molar-refractivity contribution in [3.63, 3.8) is 0 Å². The van der Waals surface area contributed by atoms with Gasteiger partial charge in [-0.25, -0.2) is 9.78 Å². The molecule has 1 atom stereocenters. The number of pyridine rings is 1. The Morgan fingerprint density at radius 1 is 1.20 bits per heavy atom. The van der Waals surface area contributed by atoms with Crippen molar-refractivity contribution < 1.29 is 18.8 Å². The van der Waals surface area contributed by atoms with E-state index in [0.29, 0.717) is 23.7 Å². The van der Waals surface area contributed by atoms with Gasteiger partial charge in [-0.15, -0.1) is 0 Å². The molecule has 0 aliphatic heterocycles. The maximum Gasteiger partial charge on any atom is 0.362 e. The number of hydrogen-bond acceptors (Lipinski definition) is 5.